The third-order valence-electron chi connectivity index (χ3n) is 4.48. The number of rotatable bonds is 7. The van der Waals surface area contributed by atoms with Crippen molar-refractivity contribution in [1.82, 2.24) is 19.6 Å². The molecule has 0 aliphatic rings. The van der Waals surface area contributed by atoms with Crippen molar-refractivity contribution in [1.29, 1.82) is 0 Å². The SMILES string of the molecule is Cc1ccc(Cn2cc(Br)c(NC(=O)c3ccn(COc4ccccc4Cl)n3)n2)cc1. The van der Waals surface area contributed by atoms with Crippen LogP contribution in [0.4, 0.5) is 5.82 Å². The maximum Gasteiger partial charge on any atom is 0.277 e. The molecule has 0 bridgehead atoms. The van der Waals surface area contributed by atoms with Gasteiger partial charge in [0.1, 0.15) is 5.75 Å². The highest BCUT2D eigenvalue weighted by Gasteiger charge is 2.15. The molecule has 1 N–H and O–H groups in total. The summed E-state index contributed by atoms with van der Waals surface area (Å²) in [5, 5.41) is 12.0. The lowest BCUT2D eigenvalue weighted by atomic mass is 10.1. The van der Waals surface area contributed by atoms with E-state index in [0.717, 1.165) is 5.56 Å². The summed E-state index contributed by atoms with van der Waals surface area (Å²) >= 11 is 9.53. The summed E-state index contributed by atoms with van der Waals surface area (Å²) in [6.45, 7) is 2.78. The fourth-order valence-corrected chi connectivity index (χ4v) is 3.47. The summed E-state index contributed by atoms with van der Waals surface area (Å²) in [6, 6.07) is 17.0. The maximum absolute atomic E-state index is 12.6. The van der Waals surface area contributed by atoms with Crippen molar-refractivity contribution in [3.63, 3.8) is 0 Å². The number of halogens is 2. The van der Waals surface area contributed by atoms with Gasteiger partial charge in [-0.05, 0) is 46.6 Å². The summed E-state index contributed by atoms with van der Waals surface area (Å²) in [6.07, 6.45) is 3.49. The fraction of sp³-hybridized carbons (Fsp3) is 0.136. The van der Waals surface area contributed by atoms with Gasteiger partial charge in [0.15, 0.2) is 18.2 Å². The Bertz CT molecular complexity index is 1200. The van der Waals surface area contributed by atoms with Crippen LogP contribution in [0.1, 0.15) is 21.6 Å². The molecule has 7 nitrogen and oxygen atoms in total. The minimum atomic E-state index is -0.363. The number of nitrogens with one attached hydrogen (secondary N) is 1. The van der Waals surface area contributed by atoms with Gasteiger partial charge in [-0.15, -0.1) is 0 Å². The molecule has 9 heteroatoms. The number of ether oxygens (including phenoxy) is 1. The number of aromatic nitrogens is 4. The van der Waals surface area contributed by atoms with Crippen LogP contribution >= 0.6 is 27.5 Å². The molecular weight excluding hydrogens is 482 g/mol. The van der Waals surface area contributed by atoms with Gasteiger partial charge in [0.05, 0.1) is 16.0 Å². The van der Waals surface area contributed by atoms with E-state index >= 15 is 0 Å². The maximum atomic E-state index is 12.6. The number of aryl methyl sites for hydroxylation is 1. The van der Waals surface area contributed by atoms with Crippen LogP contribution in [-0.2, 0) is 13.3 Å². The monoisotopic (exact) mass is 499 g/mol. The minimum absolute atomic E-state index is 0.131. The van der Waals surface area contributed by atoms with Crippen LogP contribution in [0.25, 0.3) is 0 Å². The molecule has 0 spiro atoms. The minimum Gasteiger partial charge on any atom is -0.470 e. The smallest absolute Gasteiger partial charge is 0.277 e. The van der Waals surface area contributed by atoms with Gasteiger partial charge in [0.2, 0.25) is 0 Å². The van der Waals surface area contributed by atoms with Crippen molar-refractivity contribution in [2.75, 3.05) is 5.32 Å². The number of hydrogen-bond donors (Lipinski definition) is 1. The topological polar surface area (TPSA) is 74.0 Å². The van der Waals surface area contributed by atoms with Crippen molar-refractivity contribution in [2.45, 2.75) is 20.2 Å². The van der Waals surface area contributed by atoms with Crippen LogP contribution in [0, 0.1) is 6.92 Å². The number of benzene rings is 2. The van der Waals surface area contributed by atoms with E-state index in [2.05, 4.69) is 55.7 Å². The molecule has 4 rings (SSSR count). The van der Waals surface area contributed by atoms with Gasteiger partial charge in [0.25, 0.3) is 5.91 Å². The first-order valence-electron chi connectivity index (χ1n) is 9.48. The van der Waals surface area contributed by atoms with Crippen LogP contribution in [0.2, 0.25) is 5.02 Å². The van der Waals surface area contributed by atoms with E-state index in [4.69, 9.17) is 16.3 Å². The highest BCUT2D eigenvalue weighted by atomic mass is 79.9. The number of carbonyl (C=O) groups excluding carboxylic acids is 1. The molecule has 158 valence electrons. The second kappa shape index (κ2) is 9.36. The summed E-state index contributed by atoms with van der Waals surface area (Å²) in [7, 11) is 0. The largest absolute Gasteiger partial charge is 0.470 e. The van der Waals surface area contributed by atoms with Gasteiger partial charge in [0, 0.05) is 12.4 Å². The standard InChI is InChI=1S/C22H19BrClN5O2/c1-15-6-8-16(9-7-15)12-29-13-17(23)21(27-29)25-22(30)19-10-11-28(26-19)14-31-20-5-3-2-4-18(20)24/h2-11,13H,12,14H2,1H3,(H,25,27,30). The Morgan fingerprint density at radius 1 is 1.10 bits per heavy atom. The van der Waals surface area contributed by atoms with Crippen LogP contribution in [0.5, 0.6) is 5.75 Å². The Balaban J connectivity index is 1.38. The molecule has 0 aliphatic heterocycles. The van der Waals surface area contributed by atoms with E-state index in [9.17, 15) is 4.79 Å². The molecule has 4 aromatic rings. The average Bonchev–Trinajstić information content (AvgIpc) is 3.36. The predicted molar refractivity (Wildman–Crippen MR) is 122 cm³/mol. The molecule has 2 heterocycles. The van der Waals surface area contributed by atoms with Gasteiger partial charge >= 0.3 is 0 Å². The molecule has 2 aromatic carbocycles. The van der Waals surface area contributed by atoms with E-state index in [1.54, 1.807) is 29.1 Å². The molecule has 2 aromatic heterocycles. The Kier molecular flexibility index (Phi) is 6.39. The van der Waals surface area contributed by atoms with Crippen molar-refractivity contribution >= 4 is 39.3 Å². The third-order valence-corrected chi connectivity index (χ3v) is 5.37. The molecule has 1 amide bonds. The van der Waals surface area contributed by atoms with Gasteiger partial charge in [-0.1, -0.05) is 53.6 Å². The van der Waals surface area contributed by atoms with Crippen molar-refractivity contribution in [3.05, 3.63) is 93.3 Å². The normalized spacial score (nSPS) is 10.8. The second-order valence-corrected chi connectivity index (χ2v) is 8.17. The molecule has 0 atom stereocenters. The number of carbonyl (C=O) groups is 1. The third kappa shape index (κ3) is 5.34. The van der Waals surface area contributed by atoms with Crippen molar-refractivity contribution in [3.8, 4) is 5.75 Å². The molecule has 0 radical (unpaired) electrons. The summed E-state index contributed by atoms with van der Waals surface area (Å²) in [5.74, 6) is 0.616. The number of hydrogen-bond acceptors (Lipinski definition) is 4. The van der Waals surface area contributed by atoms with Gasteiger partial charge in [-0.3, -0.25) is 9.48 Å². The predicted octanol–water partition coefficient (Wildman–Crippen LogP) is 5.14. The summed E-state index contributed by atoms with van der Waals surface area (Å²) in [5.41, 5.74) is 2.58. The van der Waals surface area contributed by atoms with E-state index in [1.807, 2.05) is 25.3 Å². The Labute approximate surface area is 192 Å². The highest BCUT2D eigenvalue weighted by molar-refractivity contribution is 9.10. The average molecular weight is 501 g/mol. The lowest BCUT2D eigenvalue weighted by Gasteiger charge is -2.07. The first-order valence-corrected chi connectivity index (χ1v) is 10.7. The Morgan fingerprint density at radius 3 is 2.65 bits per heavy atom. The molecule has 31 heavy (non-hydrogen) atoms. The summed E-state index contributed by atoms with van der Waals surface area (Å²) < 4.78 is 9.60. The van der Waals surface area contributed by atoms with Crippen LogP contribution in [0.3, 0.4) is 0 Å². The molecular formula is C22H19BrClN5O2. The molecule has 0 fully saturated rings. The molecule has 0 aliphatic carbocycles. The number of amides is 1. The van der Waals surface area contributed by atoms with Crippen molar-refractivity contribution < 1.29 is 9.53 Å². The molecule has 0 saturated heterocycles. The van der Waals surface area contributed by atoms with Crippen LogP contribution in [0.15, 0.2) is 71.5 Å². The Morgan fingerprint density at radius 2 is 1.87 bits per heavy atom. The second-order valence-electron chi connectivity index (χ2n) is 6.91. The van der Waals surface area contributed by atoms with Gasteiger partial charge < -0.3 is 10.1 Å². The zero-order valence-corrected chi connectivity index (χ0v) is 19.0. The number of para-hydroxylation sites is 1. The first-order chi connectivity index (χ1) is 15.0. The van der Waals surface area contributed by atoms with Crippen LogP contribution in [-0.4, -0.2) is 25.5 Å². The molecule has 0 saturated carbocycles. The van der Waals surface area contributed by atoms with E-state index in [0.29, 0.717) is 27.6 Å². The lowest BCUT2D eigenvalue weighted by molar-refractivity contribution is 0.101. The highest BCUT2D eigenvalue weighted by Crippen LogP contribution is 2.24. The zero-order chi connectivity index (χ0) is 21.8. The molecule has 0 unspecified atom stereocenters. The van der Waals surface area contributed by atoms with E-state index < -0.39 is 0 Å². The van der Waals surface area contributed by atoms with Crippen molar-refractivity contribution in [2.24, 2.45) is 0 Å². The fourth-order valence-electron chi connectivity index (χ4n) is 2.87. The number of nitrogens with zero attached hydrogens (tertiary/aromatic N) is 4. The number of anilines is 1. The lowest BCUT2D eigenvalue weighted by Crippen LogP contribution is -2.15. The summed E-state index contributed by atoms with van der Waals surface area (Å²) in [4.78, 5) is 12.6. The van der Waals surface area contributed by atoms with E-state index in [1.165, 1.54) is 10.2 Å². The first kappa shape index (κ1) is 21.1. The van der Waals surface area contributed by atoms with Gasteiger partial charge in [-0.25, -0.2) is 4.68 Å². The van der Waals surface area contributed by atoms with Crippen LogP contribution < -0.4 is 10.1 Å². The van der Waals surface area contributed by atoms with E-state index in [-0.39, 0.29) is 18.3 Å². The zero-order valence-electron chi connectivity index (χ0n) is 16.6. The Hall–Kier alpha value is -3.10. The quantitative estimate of drug-likeness (QED) is 0.381. The van der Waals surface area contributed by atoms with Gasteiger partial charge in [-0.2, -0.15) is 10.2 Å².